The number of nitro benzene ring substituents is 1. The Bertz CT molecular complexity index is 651. The van der Waals surface area contributed by atoms with Gasteiger partial charge in [-0.1, -0.05) is 18.2 Å². The highest BCUT2D eigenvalue weighted by Gasteiger charge is 2.04. The number of aromatic hydroxyl groups is 1. The molecule has 0 spiro atoms. The van der Waals surface area contributed by atoms with Crippen LogP contribution in [-0.4, -0.2) is 16.2 Å². The van der Waals surface area contributed by atoms with Crippen molar-refractivity contribution in [2.45, 2.75) is 6.92 Å². The van der Waals surface area contributed by atoms with Crippen molar-refractivity contribution < 1.29 is 10.0 Å². The predicted octanol–water partition coefficient (Wildman–Crippen LogP) is 3.36. The van der Waals surface area contributed by atoms with Gasteiger partial charge in [0.2, 0.25) is 0 Å². The molecule has 2 aromatic carbocycles. The normalized spacial score (nSPS) is 10.8. The fraction of sp³-hybridized carbons (Fsp3) is 0.0714. The van der Waals surface area contributed by atoms with E-state index in [4.69, 9.17) is 0 Å². The number of benzene rings is 2. The first-order chi connectivity index (χ1) is 9.06. The van der Waals surface area contributed by atoms with Gasteiger partial charge < -0.3 is 5.11 Å². The van der Waals surface area contributed by atoms with E-state index in [2.05, 4.69) is 4.99 Å². The van der Waals surface area contributed by atoms with E-state index in [1.165, 1.54) is 18.3 Å². The molecule has 0 saturated carbocycles. The summed E-state index contributed by atoms with van der Waals surface area (Å²) in [6.45, 7) is 1.89. The van der Waals surface area contributed by atoms with Gasteiger partial charge in [-0.3, -0.25) is 15.1 Å². The molecule has 0 aromatic heterocycles. The standard InChI is InChI=1S/C14H12N2O3/c1-10-5-6-14(17)13(7-10)15-9-11-3-2-4-12(8-11)16(18)19/h2-9,17H,1H3. The smallest absolute Gasteiger partial charge is 0.270 e. The summed E-state index contributed by atoms with van der Waals surface area (Å²) in [5, 5.41) is 20.3. The van der Waals surface area contributed by atoms with E-state index in [1.54, 1.807) is 30.3 Å². The Kier molecular flexibility index (Phi) is 3.56. The SMILES string of the molecule is Cc1ccc(O)c(N=Cc2cccc([N+](=O)[O-])c2)c1. The molecule has 0 saturated heterocycles. The molecule has 0 fully saturated rings. The zero-order chi connectivity index (χ0) is 13.8. The van der Waals surface area contributed by atoms with Gasteiger partial charge in [-0.05, 0) is 30.2 Å². The second-order valence-corrected chi connectivity index (χ2v) is 4.10. The van der Waals surface area contributed by atoms with Gasteiger partial charge in [0.15, 0.2) is 0 Å². The molecule has 0 bridgehead atoms. The van der Waals surface area contributed by atoms with Crippen LogP contribution in [0.4, 0.5) is 11.4 Å². The Hall–Kier alpha value is -2.69. The summed E-state index contributed by atoms with van der Waals surface area (Å²) in [5.41, 5.74) is 2.03. The van der Waals surface area contributed by atoms with Crippen molar-refractivity contribution in [3.05, 3.63) is 63.7 Å². The first-order valence-corrected chi connectivity index (χ1v) is 5.64. The summed E-state index contributed by atoms with van der Waals surface area (Å²) in [7, 11) is 0. The van der Waals surface area contributed by atoms with Crippen LogP contribution in [0, 0.1) is 17.0 Å². The van der Waals surface area contributed by atoms with Crippen LogP contribution in [0.25, 0.3) is 0 Å². The molecular formula is C14H12N2O3. The number of hydrogen-bond donors (Lipinski definition) is 1. The molecular weight excluding hydrogens is 244 g/mol. The molecule has 2 aromatic rings. The topological polar surface area (TPSA) is 75.7 Å². The number of hydrogen-bond acceptors (Lipinski definition) is 4. The number of phenols is 1. The summed E-state index contributed by atoms with van der Waals surface area (Å²) in [5.74, 6) is 0.0762. The maximum absolute atomic E-state index is 10.6. The summed E-state index contributed by atoms with van der Waals surface area (Å²) in [4.78, 5) is 14.3. The molecule has 0 aliphatic carbocycles. The molecule has 0 aliphatic rings. The van der Waals surface area contributed by atoms with Crippen LogP contribution < -0.4 is 0 Å². The number of rotatable bonds is 3. The van der Waals surface area contributed by atoms with Crippen molar-refractivity contribution in [1.29, 1.82) is 0 Å². The van der Waals surface area contributed by atoms with Crippen LogP contribution in [0.2, 0.25) is 0 Å². The third-order valence-corrected chi connectivity index (χ3v) is 2.56. The molecule has 96 valence electrons. The minimum absolute atomic E-state index is 0.0115. The van der Waals surface area contributed by atoms with E-state index in [9.17, 15) is 15.2 Å². The Balaban J connectivity index is 2.30. The van der Waals surface area contributed by atoms with Gasteiger partial charge in [-0.25, -0.2) is 0 Å². The Morgan fingerprint density at radius 2 is 2.05 bits per heavy atom. The minimum Gasteiger partial charge on any atom is -0.506 e. The molecule has 2 rings (SSSR count). The van der Waals surface area contributed by atoms with Gasteiger partial charge >= 0.3 is 0 Å². The molecule has 0 aliphatic heterocycles. The van der Waals surface area contributed by atoms with Crippen LogP contribution in [0.3, 0.4) is 0 Å². The van der Waals surface area contributed by atoms with E-state index in [1.807, 2.05) is 6.92 Å². The zero-order valence-electron chi connectivity index (χ0n) is 10.3. The lowest BCUT2D eigenvalue weighted by Crippen LogP contribution is -1.89. The summed E-state index contributed by atoms with van der Waals surface area (Å²) in [6.07, 6.45) is 1.49. The second kappa shape index (κ2) is 5.30. The van der Waals surface area contributed by atoms with Crippen molar-refractivity contribution >= 4 is 17.6 Å². The molecule has 1 N–H and O–H groups in total. The monoisotopic (exact) mass is 256 g/mol. The van der Waals surface area contributed by atoms with Crippen LogP contribution >= 0.6 is 0 Å². The highest BCUT2D eigenvalue weighted by Crippen LogP contribution is 2.26. The quantitative estimate of drug-likeness (QED) is 0.519. The summed E-state index contributed by atoms with van der Waals surface area (Å²) in [6, 6.07) is 11.2. The third kappa shape index (κ3) is 3.16. The second-order valence-electron chi connectivity index (χ2n) is 4.10. The molecule has 19 heavy (non-hydrogen) atoms. The van der Waals surface area contributed by atoms with Gasteiger partial charge in [0.25, 0.3) is 5.69 Å². The van der Waals surface area contributed by atoms with Crippen molar-refractivity contribution in [3.63, 3.8) is 0 Å². The minimum atomic E-state index is -0.457. The lowest BCUT2D eigenvalue weighted by Gasteiger charge is -2.00. The van der Waals surface area contributed by atoms with E-state index < -0.39 is 4.92 Å². The Morgan fingerprint density at radius 1 is 1.26 bits per heavy atom. The van der Waals surface area contributed by atoms with Gasteiger partial charge in [-0.2, -0.15) is 0 Å². The highest BCUT2D eigenvalue weighted by molar-refractivity contribution is 5.83. The molecule has 5 heteroatoms. The summed E-state index contributed by atoms with van der Waals surface area (Å²) < 4.78 is 0. The average molecular weight is 256 g/mol. The first kappa shape index (κ1) is 12.8. The third-order valence-electron chi connectivity index (χ3n) is 2.56. The van der Waals surface area contributed by atoms with Crippen LogP contribution in [0.15, 0.2) is 47.5 Å². The van der Waals surface area contributed by atoms with Crippen LogP contribution in [0.1, 0.15) is 11.1 Å². The van der Waals surface area contributed by atoms with Gasteiger partial charge in [-0.15, -0.1) is 0 Å². The predicted molar refractivity (Wildman–Crippen MR) is 73.2 cm³/mol. The molecule has 0 unspecified atom stereocenters. The molecule has 0 atom stereocenters. The molecule has 0 amide bonds. The van der Waals surface area contributed by atoms with Crippen molar-refractivity contribution in [1.82, 2.24) is 0 Å². The highest BCUT2D eigenvalue weighted by atomic mass is 16.6. The Morgan fingerprint density at radius 3 is 2.79 bits per heavy atom. The fourth-order valence-corrected chi connectivity index (χ4v) is 1.60. The number of nitro groups is 1. The van der Waals surface area contributed by atoms with Crippen molar-refractivity contribution in [2.24, 2.45) is 4.99 Å². The van der Waals surface area contributed by atoms with Crippen LogP contribution in [-0.2, 0) is 0 Å². The van der Waals surface area contributed by atoms with Crippen molar-refractivity contribution in [3.8, 4) is 5.75 Å². The lowest BCUT2D eigenvalue weighted by molar-refractivity contribution is -0.384. The zero-order valence-corrected chi connectivity index (χ0v) is 10.3. The fourth-order valence-electron chi connectivity index (χ4n) is 1.60. The van der Waals surface area contributed by atoms with E-state index >= 15 is 0 Å². The van der Waals surface area contributed by atoms with Gasteiger partial charge in [0.1, 0.15) is 11.4 Å². The maximum Gasteiger partial charge on any atom is 0.270 e. The first-order valence-electron chi connectivity index (χ1n) is 5.64. The van der Waals surface area contributed by atoms with E-state index in [0.29, 0.717) is 11.3 Å². The lowest BCUT2D eigenvalue weighted by atomic mass is 10.2. The molecule has 0 radical (unpaired) electrons. The molecule has 5 nitrogen and oxygen atoms in total. The summed E-state index contributed by atoms with van der Waals surface area (Å²) >= 11 is 0. The van der Waals surface area contributed by atoms with Gasteiger partial charge in [0, 0.05) is 18.3 Å². The number of aryl methyl sites for hydroxylation is 1. The average Bonchev–Trinajstić information content (AvgIpc) is 2.40. The van der Waals surface area contributed by atoms with Crippen molar-refractivity contribution in [2.75, 3.05) is 0 Å². The number of phenolic OH excluding ortho intramolecular Hbond substituents is 1. The number of aliphatic imine (C=N–C) groups is 1. The number of nitrogens with zero attached hydrogens (tertiary/aromatic N) is 2. The Labute approximate surface area is 110 Å². The van der Waals surface area contributed by atoms with Gasteiger partial charge in [0.05, 0.1) is 4.92 Å². The largest absolute Gasteiger partial charge is 0.506 e. The molecule has 0 heterocycles. The van der Waals surface area contributed by atoms with Crippen LogP contribution in [0.5, 0.6) is 5.75 Å². The van der Waals surface area contributed by atoms with E-state index in [-0.39, 0.29) is 11.4 Å². The maximum atomic E-state index is 10.6. The number of non-ortho nitro benzene ring substituents is 1. The van der Waals surface area contributed by atoms with E-state index in [0.717, 1.165) is 5.56 Å².